The van der Waals surface area contributed by atoms with Crippen molar-refractivity contribution in [2.75, 3.05) is 7.05 Å². The highest BCUT2D eigenvalue weighted by Gasteiger charge is 2.35. The Labute approximate surface area is 106 Å². The number of aryl methyl sites for hydroxylation is 1. The van der Waals surface area contributed by atoms with Crippen molar-refractivity contribution in [3.05, 3.63) is 6.33 Å². The maximum atomic E-state index is 9.29. The van der Waals surface area contributed by atoms with Crippen LogP contribution in [0.2, 0.25) is 0 Å². The fourth-order valence-corrected chi connectivity index (χ4v) is 3.50. The molecule has 1 aromatic heterocycles. The normalized spacial score (nSPS) is 28.9. The van der Waals surface area contributed by atoms with Gasteiger partial charge in [-0.15, -0.1) is 10.2 Å². The number of hydrogen-bond donors (Lipinski definition) is 1. The molecule has 2 rings (SSSR count). The number of nitriles is 1. The molecule has 1 heterocycles. The van der Waals surface area contributed by atoms with Gasteiger partial charge in [0.25, 0.3) is 0 Å². The second-order valence-electron chi connectivity index (χ2n) is 4.50. The third-order valence-electron chi connectivity index (χ3n) is 3.34. The van der Waals surface area contributed by atoms with E-state index in [-0.39, 0.29) is 5.54 Å². The first-order chi connectivity index (χ1) is 8.19. The van der Waals surface area contributed by atoms with E-state index in [4.69, 9.17) is 0 Å². The highest BCUT2D eigenvalue weighted by atomic mass is 32.2. The van der Waals surface area contributed by atoms with Crippen molar-refractivity contribution in [2.24, 2.45) is 7.05 Å². The molecule has 0 amide bonds. The molecule has 1 fully saturated rings. The third kappa shape index (κ3) is 2.61. The minimum Gasteiger partial charge on any atom is -0.312 e. The van der Waals surface area contributed by atoms with E-state index >= 15 is 0 Å². The van der Waals surface area contributed by atoms with Crippen LogP contribution < -0.4 is 5.32 Å². The van der Waals surface area contributed by atoms with Crippen LogP contribution in [0.4, 0.5) is 0 Å². The first-order valence-corrected chi connectivity index (χ1v) is 6.68. The van der Waals surface area contributed by atoms with E-state index in [1.54, 1.807) is 18.1 Å². The van der Waals surface area contributed by atoms with E-state index in [0.29, 0.717) is 5.25 Å². The first kappa shape index (κ1) is 12.4. The SMILES string of the molecule is CNC1(C#N)CCCC(Sc2nncn2C)C1. The van der Waals surface area contributed by atoms with Crippen LogP contribution in [0.5, 0.6) is 0 Å². The Balaban J connectivity index is 2.04. The van der Waals surface area contributed by atoms with Gasteiger partial charge in [-0.1, -0.05) is 11.8 Å². The van der Waals surface area contributed by atoms with Gasteiger partial charge in [-0.2, -0.15) is 5.26 Å². The van der Waals surface area contributed by atoms with E-state index < -0.39 is 0 Å². The molecule has 0 aliphatic heterocycles. The quantitative estimate of drug-likeness (QED) is 0.878. The molecule has 0 bridgehead atoms. The van der Waals surface area contributed by atoms with Crippen molar-refractivity contribution >= 4 is 11.8 Å². The Kier molecular flexibility index (Phi) is 3.69. The van der Waals surface area contributed by atoms with E-state index in [0.717, 1.165) is 30.8 Å². The van der Waals surface area contributed by atoms with Crippen LogP contribution >= 0.6 is 11.8 Å². The molecule has 1 aliphatic rings. The van der Waals surface area contributed by atoms with Gasteiger partial charge in [-0.25, -0.2) is 0 Å². The van der Waals surface area contributed by atoms with Gasteiger partial charge in [0.1, 0.15) is 11.9 Å². The number of nitrogens with zero attached hydrogens (tertiary/aromatic N) is 4. The summed E-state index contributed by atoms with van der Waals surface area (Å²) >= 11 is 1.73. The van der Waals surface area contributed by atoms with Gasteiger partial charge in [-0.3, -0.25) is 0 Å². The highest BCUT2D eigenvalue weighted by Crippen LogP contribution is 2.37. The molecule has 2 unspecified atom stereocenters. The average molecular weight is 251 g/mol. The van der Waals surface area contributed by atoms with Gasteiger partial charge in [0.05, 0.1) is 6.07 Å². The maximum Gasteiger partial charge on any atom is 0.191 e. The molecule has 1 aliphatic carbocycles. The fraction of sp³-hybridized carbons (Fsp3) is 0.727. The summed E-state index contributed by atoms with van der Waals surface area (Å²) in [6, 6.07) is 2.42. The lowest BCUT2D eigenvalue weighted by Gasteiger charge is -2.34. The van der Waals surface area contributed by atoms with Gasteiger partial charge in [-0.05, 0) is 32.7 Å². The van der Waals surface area contributed by atoms with E-state index in [9.17, 15) is 5.26 Å². The monoisotopic (exact) mass is 251 g/mol. The van der Waals surface area contributed by atoms with Crippen LogP contribution in [0.15, 0.2) is 11.5 Å². The smallest absolute Gasteiger partial charge is 0.191 e. The van der Waals surface area contributed by atoms with Crippen LogP contribution in [0.25, 0.3) is 0 Å². The predicted octanol–water partition coefficient (Wildman–Crippen LogP) is 1.33. The van der Waals surface area contributed by atoms with Crippen molar-refractivity contribution in [3.63, 3.8) is 0 Å². The van der Waals surface area contributed by atoms with Crippen molar-refractivity contribution in [2.45, 2.75) is 41.6 Å². The summed E-state index contributed by atoms with van der Waals surface area (Å²) in [4.78, 5) is 0. The van der Waals surface area contributed by atoms with E-state index in [1.807, 2.05) is 18.7 Å². The zero-order chi connectivity index (χ0) is 12.3. The summed E-state index contributed by atoms with van der Waals surface area (Å²) in [6.07, 6.45) is 5.75. The van der Waals surface area contributed by atoms with Gasteiger partial charge in [0, 0.05) is 12.3 Å². The van der Waals surface area contributed by atoms with Crippen LogP contribution in [-0.2, 0) is 7.05 Å². The van der Waals surface area contributed by atoms with Crippen molar-refractivity contribution in [1.82, 2.24) is 20.1 Å². The summed E-state index contributed by atoms with van der Waals surface area (Å²) < 4.78 is 1.92. The van der Waals surface area contributed by atoms with E-state index in [1.165, 1.54) is 0 Å². The molecule has 5 nitrogen and oxygen atoms in total. The highest BCUT2D eigenvalue weighted by molar-refractivity contribution is 7.99. The molecular formula is C11H17N5S. The fourth-order valence-electron chi connectivity index (χ4n) is 2.24. The minimum atomic E-state index is -0.353. The second kappa shape index (κ2) is 5.07. The Bertz CT molecular complexity index is 424. The maximum absolute atomic E-state index is 9.29. The van der Waals surface area contributed by atoms with E-state index in [2.05, 4.69) is 21.6 Å². The summed E-state index contributed by atoms with van der Waals surface area (Å²) in [6.45, 7) is 0. The van der Waals surface area contributed by atoms with Crippen LogP contribution in [0.1, 0.15) is 25.7 Å². The molecule has 1 aromatic rings. The first-order valence-electron chi connectivity index (χ1n) is 5.80. The van der Waals surface area contributed by atoms with Crippen LogP contribution in [-0.4, -0.2) is 32.6 Å². The Morgan fingerprint density at radius 2 is 2.53 bits per heavy atom. The number of hydrogen-bond acceptors (Lipinski definition) is 5. The van der Waals surface area contributed by atoms with Gasteiger partial charge in [0.2, 0.25) is 0 Å². The van der Waals surface area contributed by atoms with Crippen molar-refractivity contribution in [1.29, 1.82) is 5.26 Å². The summed E-state index contributed by atoms with van der Waals surface area (Å²) in [5.41, 5.74) is -0.353. The molecular weight excluding hydrogens is 234 g/mol. The van der Waals surface area contributed by atoms with Gasteiger partial charge in [0.15, 0.2) is 5.16 Å². The molecule has 92 valence electrons. The minimum absolute atomic E-state index is 0.353. The zero-order valence-electron chi connectivity index (χ0n) is 10.2. The van der Waals surface area contributed by atoms with Gasteiger partial charge >= 0.3 is 0 Å². The average Bonchev–Trinajstić information content (AvgIpc) is 2.75. The summed E-state index contributed by atoms with van der Waals surface area (Å²) in [5, 5.41) is 21.8. The molecule has 0 saturated heterocycles. The molecule has 6 heteroatoms. The lowest BCUT2D eigenvalue weighted by molar-refractivity contribution is 0.323. The predicted molar refractivity (Wildman–Crippen MR) is 66.5 cm³/mol. The molecule has 2 atom stereocenters. The summed E-state index contributed by atoms with van der Waals surface area (Å²) in [5.74, 6) is 0. The van der Waals surface area contributed by atoms with Crippen molar-refractivity contribution < 1.29 is 0 Å². The second-order valence-corrected chi connectivity index (χ2v) is 5.77. The zero-order valence-corrected chi connectivity index (χ0v) is 11.0. The van der Waals surface area contributed by atoms with Crippen LogP contribution in [0.3, 0.4) is 0 Å². The largest absolute Gasteiger partial charge is 0.312 e. The molecule has 0 spiro atoms. The number of rotatable bonds is 3. The Morgan fingerprint density at radius 3 is 3.12 bits per heavy atom. The molecule has 0 radical (unpaired) electrons. The number of thioether (sulfide) groups is 1. The number of nitrogens with one attached hydrogen (secondary N) is 1. The lowest BCUT2D eigenvalue weighted by atomic mass is 9.83. The standard InChI is InChI=1S/C11H17N5S/c1-13-11(7-12)5-3-4-9(6-11)17-10-15-14-8-16(10)2/h8-9,13H,3-6H2,1-2H3. The Hall–Kier alpha value is -1.06. The third-order valence-corrected chi connectivity index (χ3v) is 4.66. The topological polar surface area (TPSA) is 66.5 Å². The van der Waals surface area contributed by atoms with Crippen LogP contribution in [0, 0.1) is 11.3 Å². The molecule has 17 heavy (non-hydrogen) atoms. The Morgan fingerprint density at radius 1 is 1.71 bits per heavy atom. The van der Waals surface area contributed by atoms with Gasteiger partial charge < -0.3 is 9.88 Å². The molecule has 1 saturated carbocycles. The number of aromatic nitrogens is 3. The lowest BCUT2D eigenvalue weighted by Crippen LogP contribution is -2.46. The molecule has 1 N–H and O–H groups in total. The summed E-state index contributed by atoms with van der Waals surface area (Å²) in [7, 11) is 3.82. The van der Waals surface area contributed by atoms with Crippen molar-refractivity contribution in [3.8, 4) is 6.07 Å². The molecule has 0 aromatic carbocycles.